The van der Waals surface area contributed by atoms with Crippen molar-refractivity contribution in [2.45, 2.75) is 13.5 Å². The number of carbonyl (C=O) groups excluding carboxylic acids is 1. The standard InChI is InChI=1S/C15H18FN3O2/c1-10-3-5-12(21-10)8-19(2)9-15(20)18-14-7-11(17)4-6-13(14)16/h3-7H,8-9,17H2,1-2H3,(H,18,20). The molecule has 1 aromatic carbocycles. The third kappa shape index (κ3) is 4.32. The molecule has 0 saturated heterocycles. The molecule has 0 fully saturated rings. The molecule has 0 radical (unpaired) electrons. The minimum absolute atomic E-state index is 0.0854. The number of carbonyl (C=O) groups is 1. The van der Waals surface area contributed by atoms with E-state index in [1.54, 1.807) is 11.9 Å². The number of anilines is 2. The van der Waals surface area contributed by atoms with Crippen LogP contribution < -0.4 is 11.1 Å². The van der Waals surface area contributed by atoms with E-state index in [9.17, 15) is 9.18 Å². The topological polar surface area (TPSA) is 71.5 Å². The monoisotopic (exact) mass is 291 g/mol. The number of furan rings is 1. The van der Waals surface area contributed by atoms with Gasteiger partial charge in [-0.25, -0.2) is 4.39 Å². The van der Waals surface area contributed by atoms with Crippen LogP contribution in [-0.2, 0) is 11.3 Å². The van der Waals surface area contributed by atoms with Crippen molar-refractivity contribution in [3.05, 3.63) is 47.7 Å². The lowest BCUT2D eigenvalue weighted by molar-refractivity contribution is -0.117. The number of nitrogens with two attached hydrogens (primary N) is 1. The highest BCUT2D eigenvalue weighted by atomic mass is 19.1. The van der Waals surface area contributed by atoms with Crippen LogP contribution in [0.2, 0.25) is 0 Å². The van der Waals surface area contributed by atoms with Gasteiger partial charge in [-0.05, 0) is 44.3 Å². The number of aryl methyl sites for hydroxylation is 1. The first-order valence-corrected chi connectivity index (χ1v) is 6.53. The summed E-state index contributed by atoms with van der Waals surface area (Å²) < 4.78 is 19.0. The van der Waals surface area contributed by atoms with Crippen LogP contribution in [0.4, 0.5) is 15.8 Å². The van der Waals surface area contributed by atoms with Crippen LogP contribution >= 0.6 is 0 Å². The SMILES string of the molecule is Cc1ccc(CN(C)CC(=O)Nc2cc(N)ccc2F)o1. The molecule has 21 heavy (non-hydrogen) atoms. The first-order valence-electron chi connectivity index (χ1n) is 6.53. The van der Waals surface area contributed by atoms with Gasteiger partial charge in [-0.1, -0.05) is 0 Å². The van der Waals surface area contributed by atoms with Gasteiger partial charge >= 0.3 is 0 Å². The molecule has 0 aliphatic carbocycles. The Hall–Kier alpha value is -2.34. The summed E-state index contributed by atoms with van der Waals surface area (Å²) in [5.41, 5.74) is 6.05. The van der Waals surface area contributed by atoms with E-state index in [0.717, 1.165) is 11.5 Å². The van der Waals surface area contributed by atoms with Crippen LogP contribution in [0.5, 0.6) is 0 Å². The zero-order valence-corrected chi connectivity index (χ0v) is 12.0. The lowest BCUT2D eigenvalue weighted by Gasteiger charge is -2.15. The van der Waals surface area contributed by atoms with Gasteiger partial charge in [0.05, 0.1) is 18.8 Å². The van der Waals surface area contributed by atoms with Crippen molar-refractivity contribution in [3.8, 4) is 0 Å². The number of halogens is 1. The van der Waals surface area contributed by atoms with Crippen molar-refractivity contribution < 1.29 is 13.6 Å². The minimum atomic E-state index is -0.512. The Balaban J connectivity index is 1.90. The van der Waals surface area contributed by atoms with Crippen molar-refractivity contribution in [1.29, 1.82) is 0 Å². The summed E-state index contributed by atoms with van der Waals surface area (Å²) in [5.74, 6) is 0.773. The van der Waals surface area contributed by atoms with Crippen LogP contribution in [0.15, 0.2) is 34.7 Å². The Bertz CT molecular complexity index is 640. The number of hydrogen-bond acceptors (Lipinski definition) is 4. The predicted molar refractivity (Wildman–Crippen MR) is 79.2 cm³/mol. The maximum absolute atomic E-state index is 13.5. The summed E-state index contributed by atoms with van der Waals surface area (Å²) >= 11 is 0. The molecule has 0 spiro atoms. The zero-order chi connectivity index (χ0) is 15.4. The fourth-order valence-electron chi connectivity index (χ4n) is 1.97. The molecule has 0 aliphatic heterocycles. The Morgan fingerprint density at radius 1 is 1.38 bits per heavy atom. The molecule has 1 amide bonds. The van der Waals surface area contributed by atoms with Gasteiger partial charge in [-0.15, -0.1) is 0 Å². The van der Waals surface area contributed by atoms with Gasteiger partial charge in [-0.2, -0.15) is 0 Å². The van der Waals surface area contributed by atoms with Gasteiger partial charge in [0.15, 0.2) is 0 Å². The third-order valence-electron chi connectivity index (χ3n) is 2.90. The Morgan fingerprint density at radius 3 is 2.81 bits per heavy atom. The maximum Gasteiger partial charge on any atom is 0.238 e. The molecule has 112 valence electrons. The zero-order valence-electron chi connectivity index (χ0n) is 12.0. The molecule has 1 heterocycles. The number of rotatable bonds is 5. The van der Waals surface area contributed by atoms with E-state index in [0.29, 0.717) is 12.2 Å². The smallest absolute Gasteiger partial charge is 0.238 e. The molecule has 5 nitrogen and oxygen atoms in total. The lowest BCUT2D eigenvalue weighted by atomic mass is 10.2. The van der Waals surface area contributed by atoms with Crippen molar-refractivity contribution >= 4 is 17.3 Å². The van der Waals surface area contributed by atoms with E-state index in [-0.39, 0.29) is 18.1 Å². The fraction of sp³-hybridized carbons (Fsp3) is 0.267. The summed E-state index contributed by atoms with van der Waals surface area (Å²) in [4.78, 5) is 13.7. The van der Waals surface area contributed by atoms with Crippen LogP contribution in [0.25, 0.3) is 0 Å². The van der Waals surface area contributed by atoms with Gasteiger partial charge in [0.2, 0.25) is 5.91 Å². The first kappa shape index (κ1) is 15.1. The van der Waals surface area contributed by atoms with Crippen LogP contribution in [-0.4, -0.2) is 24.4 Å². The quantitative estimate of drug-likeness (QED) is 0.830. The fourth-order valence-corrected chi connectivity index (χ4v) is 1.97. The van der Waals surface area contributed by atoms with Gasteiger partial charge in [0.1, 0.15) is 17.3 Å². The van der Waals surface area contributed by atoms with Crippen molar-refractivity contribution in [2.24, 2.45) is 0 Å². The predicted octanol–water partition coefficient (Wildman–Crippen LogP) is 2.38. The van der Waals surface area contributed by atoms with Crippen LogP contribution in [0, 0.1) is 12.7 Å². The molecule has 0 atom stereocenters. The van der Waals surface area contributed by atoms with Crippen LogP contribution in [0.1, 0.15) is 11.5 Å². The number of nitrogens with zero attached hydrogens (tertiary/aromatic N) is 1. The summed E-state index contributed by atoms with van der Waals surface area (Å²) in [6.07, 6.45) is 0. The Morgan fingerprint density at radius 2 is 2.14 bits per heavy atom. The molecule has 0 unspecified atom stereocenters. The molecule has 2 aromatic rings. The average Bonchev–Trinajstić information content (AvgIpc) is 2.79. The summed E-state index contributed by atoms with van der Waals surface area (Å²) in [6.45, 7) is 2.48. The highest BCUT2D eigenvalue weighted by Crippen LogP contribution is 2.17. The van der Waals surface area contributed by atoms with E-state index >= 15 is 0 Å². The number of likely N-dealkylation sites (N-methyl/N-ethyl adjacent to an activating group) is 1. The molecule has 0 saturated carbocycles. The van der Waals surface area contributed by atoms with Crippen molar-refractivity contribution in [1.82, 2.24) is 4.90 Å². The van der Waals surface area contributed by atoms with E-state index in [4.69, 9.17) is 10.2 Å². The Labute approximate surface area is 122 Å². The Kier molecular flexibility index (Phi) is 4.59. The van der Waals surface area contributed by atoms with E-state index < -0.39 is 5.82 Å². The van der Waals surface area contributed by atoms with E-state index in [1.807, 2.05) is 19.1 Å². The molecule has 6 heteroatoms. The molecular weight excluding hydrogens is 273 g/mol. The van der Waals surface area contributed by atoms with Gasteiger partial charge < -0.3 is 15.5 Å². The van der Waals surface area contributed by atoms with Crippen molar-refractivity contribution in [2.75, 3.05) is 24.6 Å². The number of benzene rings is 1. The largest absolute Gasteiger partial charge is 0.465 e. The number of hydrogen-bond donors (Lipinski definition) is 2. The summed E-state index contributed by atoms with van der Waals surface area (Å²) in [6, 6.07) is 7.78. The third-order valence-corrected chi connectivity index (χ3v) is 2.90. The highest BCUT2D eigenvalue weighted by Gasteiger charge is 2.11. The number of amides is 1. The van der Waals surface area contributed by atoms with E-state index in [2.05, 4.69) is 5.32 Å². The highest BCUT2D eigenvalue weighted by molar-refractivity contribution is 5.92. The summed E-state index contributed by atoms with van der Waals surface area (Å²) in [5, 5.41) is 2.51. The maximum atomic E-state index is 13.5. The van der Waals surface area contributed by atoms with Gasteiger partial charge in [0, 0.05) is 5.69 Å². The molecular formula is C15H18FN3O2. The molecule has 2 rings (SSSR count). The van der Waals surface area contributed by atoms with Crippen LogP contribution in [0.3, 0.4) is 0 Å². The molecule has 3 N–H and O–H groups in total. The molecule has 0 aliphatic rings. The lowest BCUT2D eigenvalue weighted by Crippen LogP contribution is -2.30. The second-order valence-corrected chi connectivity index (χ2v) is 4.97. The van der Waals surface area contributed by atoms with Crippen molar-refractivity contribution in [3.63, 3.8) is 0 Å². The molecule has 1 aromatic heterocycles. The van der Waals surface area contributed by atoms with Gasteiger partial charge in [0.25, 0.3) is 0 Å². The molecule has 0 bridgehead atoms. The summed E-state index contributed by atoms with van der Waals surface area (Å²) in [7, 11) is 1.78. The second-order valence-electron chi connectivity index (χ2n) is 4.97. The first-order chi connectivity index (χ1) is 9.94. The second kappa shape index (κ2) is 6.41. The minimum Gasteiger partial charge on any atom is -0.465 e. The van der Waals surface area contributed by atoms with Gasteiger partial charge in [-0.3, -0.25) is 9.69 Å². The van der Waals surface area contributed by atoms with E-state index in [1.165, 1.54) is 18.2 Å². The average molecular weight is 291 g/mol. The number of nitrogen functional groups attached to an aromatic ring is 1. The number of nitrogens with one attached hydrogen (secondary N) is 1. The normalized spacial score (nSPS) is 10.9.